The van der Waals surface area contributed by atoms with E-state index in [4.69, 9.17) is 5.41 Å². The number of hydrogen-bond acceptors (Lipinski definition) is 9. The van der Waals surface area contributed by atoms with Crippen LogP contribution in [0.1, 0.15) is 49.9 Å². The highest BCUT2D eigenvalue weighted by molar-refractivity contribution is 6.02. The number of aliphatic hydroxyl groups is 1. The summed E-state index contributed by atoms with van der Waals surface area (Å²) >= 11 is 0. The molecule has 3 rings (SSSR count). The molecule has 0 aromatic carbocycles. The van der Waals surface area contributed by atoms with Crippen LogP contribution in [0.5, 0.6) is 0 Å². The second-order valence-electron chi connectivity index (χ2n) is 8.78. The molecule has 1 aliphatic rings. The van der Waals surface area contributed by atoms with Crippen LogP contribution in [-0.4, -0.2) is 61.3 Å². The third-order valence-electron chi connectivity index (χ3n) is 4.95. The van der Waals surface area contributed by atoms with E-state index >= 15 is 0 Å². The van der Waals surface area contributed by atoms with Gasteiger partial charge in [-0.05, 0) is 13.8 Å². The first-order valence-corrected chi connectivity index (χ1v) is 10.5. The third kappa shape index (κ3) is 5.75. The Morgan fingerprint density at radius 3 is 2.42 bits per heavy atom. The molecule has 0 aliphatic heterocycles. The van der Waals surface area contributed by atoms with E-state index in [2.05, 4.69) is 35.9 Å². The Bertz CT molecular complexity index is 1060. The predicted octanol–water partition coefficient (Wildman–Crippen LogP) is 1.32. The lowest BCUT2D eigenvalue weighted by molar-refractivity contribution is -0.126. The number of nitrogens with one attached hydrogen (secondary N) is 4. The highest BCUT2D eigenvalue weighted by atomic mass is 16.3. The van der Waals surface area contributed by atoms with Crippen LogP contribution in [0.25, 0.3) is 0 Å². The summed E-state index contributed by atoms with van der Waals surface area (Å²) in [5.74, 6) is -0.531. The zero-order chi connectivity index (χ0) is 24.2. The SMILES string of the molecule is CC(C)c1ncc(Nc2cncnc2)c(C(=O)NC(C=N)C2(C(=O)NCC(C)(C)O)C=C2)n1. The summed E-state index contributed by atoms with van der Waals surface area (Å²) in [6.45, 7) is 7.00. The van der Waals surface area contributed by atoms with Crippen LogP contribution in [0.3, 0.4) is 0 Å². The molecular formula is C22H28N8O3. The number of nitrogens with zero attached hydrogens (tertiary/aromatic N) is 4. The second-order valence-corrected chi connectivity index (χ2v) is 8.78. The van der Waals surface area contributed by atoms with Gasteiger partial charge in [0.05, 0.1) is 41.6 Å². The molecule has 0 saturated carbocycles. The average Bonchev–Trinajstić information content (AvgIpc) is 3.58. The molecule has 2 amide bonds. The number of amides is 2. The van der Waals surface area contributed by atoms with E-state index in [-0.39, 0.29) is 18.2 Å². The maximum absolute atomic E-state index is 13.2. The molecule has 11 heteroatoms. The molecule has 2 aromatic rings. The van der Waals surface area contributed by atoms with Crippen LogP contribution in [0.2, 0.25) is 0 Å². The Morgan fingerprint density at radius 1 is 1.21 bits per heavy atom. The van der Waals surface area contributed by atoms with Gasteiger partial charge in [-0.3, -0.25) is 9.59 Å². The van der Waals surface area contributed by atoms with Gasteiger partial charge in [0.1, 0.15) is 17.6 Å². The molecule has 33 heavy (non-hydrogen) atoms. The largest absolute Gasteiger partial charge is 0.389 e. The topological polar surface area (TPSA) is 166 Å². The van der Waals surface area contributed by atoms with Gasteiger partial charge in [0, 0.05) is 18.7 Å². The lowest BCUT2D eigenvalue weighted by Crippen LogP contribution is -2.52. The van der Waals surface area contributed by atoms with Gasteiger partial charge in [-0.1, -0.05) is 26.0 Å². The minimum atomic E-state index is -1.17. The average molecular weight is 453 g/mol. The number of rotatable bonds is 10. The molecule has 2 aromatic heterocycles. The van der Waals surface area contributed by atoms with Crippen molar-refractivity contribution in [3.05, 3.63) is 48.6 Å². The molecule has 0 fully saturated rings. The monoisotopic (exact) mass is 452 g/mol. The van der Waals surface area contributed by atoms with Gasteiger partial charge in [-0.15, -0.1) is 0 Å². The molecule has 0 saturated heterocycles. The van der Waals surface area contributed by atoms with Gasteiger partial charge in [0.2, 0.25) is 5.91 Å². The van der Waals surface area contributed by atoms with Crippen molar-refractivity contribution >= 4 is 29.4 Å². The summed E-state index contributed by atoms with van der Waals surface area (Å²) in [4.78, 5) is 42.6. The van der Waals surface area contributed by atoms with Crippen LogP contribution in [0.15, 0.2) is 37.1 Å². The third-order valence-corrected chi connectivity index (χ3v) is 4.95. The fourth-order valence-corrected chi connectivity index (χ4v) is 3.01. The second kappa shape index (κ2) is 9.41. The zero-order valence-electron chi connectivity index (χ0n) is 19.0. The van der Waals surface area contributed by atoms with Crippen molar-refractivity contribution in [3.8, 4) is 0 Å². The summed E-state index contributed by atoms with van der Waals surface area (Å²) in [6, 6.07) is -0.933. The summed E-state index contributed by atoms with van der Waals surface area (Å²) in [7, 11) is 0. The van der Waals surface area contributed by atoms with Gasteiger partial charge in [0.15, 0.2) is 5.69 Å². The normalized spacial score (nSPS) is 15.0. The minimum Gasteiger partial charge on any atom is -0.389 e. The minimum absolute atomic E-state index is 0.0201. The van der Waals surface area contributed by atoms with E-state index in [9.17, 15) is 14.7 Å². The van der Waals surface area contributed by atoms with E-state index in [1.54, 1.807) is 38.4 Å². The number of hydrogen-bond donors (Lipinski definition) is 5. The quantitative estimate of drug-likeness (QED) is 0.266. The first kappa shape index (κ1) is 23.9. The summed E-state index contributed by atoms with van der Waals surface area (Å²) in [6.07, 6.45) is 10.2. The molecule has 174 valence electrons. The Morgan fingerprint density at radius 2 is 1.88 bits per heavy atom. The van der Waals surface area contributed by atoms with E-state index in [0.29, 0.717) is 17.2 Å². The molecule has 0 radical (unpaired) electrons. The Hall–Kier alpha value is -3.73. The number of carbonyl (C=O) groups is 2. The number of anilines is 2. The van der Waals surface area contributed by atoms with Gasteiger partial charge >= 0.3 is 0 Å². The van der Waals surface area contributed by atoms with Gasteiger partial charge in [0.25, 0.3) is 5.91 Å². The van der Waals surface area contributed by atoms with Crippen molar-refractivity contribution in [2.45, 2.75) is 45.3 Å². The lowest BCUT2D eigenvalue weighted by Gasteiger charge is -2.26. The first-order chi connectivity index (χ1) is 15.6. The van der Waals surface area contributed by atoms with Crippen LogP contribution in [0, 0.1) is 10.8 Å². The van der Waals surface area contributed by atoms with Crippen molar-refractivity contribution in [1.29, 1.82) is 5.41 Å². The molecule has 0 spiro atoms. The van der Waals surface area contributed by atoms with Crippen LogP contribution < -0.4 is 16.0 Å². The Balaban J connectivity index is 1.83. The first-order valence-electron chi connectivity index (χ1n) is 10.5. The molecule has 1 atom stereocenters. The summed E-state index contributed by atoms with van der Waals surface area (Å²) < 4.78 is 0. The lowest BCUT2D eigenvalue weighted by atomic mass is 9.92. The van der Waals surface area contributed by atoms with Gasteiger partial charge in [-0.25, -0.2) is 19.9 Å². The maximum Gasteiger partial charge on any atom is 0.272 e. The van der Waals surface area contributed by atoms with Gasteiger partial charge < -0.3 is 26.5 Å². The van der Waals surface area contributed by atoms with E-state index in [1.807, 2.05) is 13.8 Å². The Kier molecular flexibility index (Phi) is 6.82. The van der Waals surface area contributed by atoms with E-state index in [1.165, 1.54) is 12.5 Å². The van der Waals surface area contributed by atoms with Crippen LogP contribution in [-0.2, 0) is 4.79 Å². The molecule has 1 aliphatic carbocycles. The van der Waals surface area contributed by atoms with Crippen LogP contribution >= 0.6 is 0 Å². The van der Waals surface area contributed by atoms with Crippen molar-refractivity contribution < 1.29 is 14.7 Å². The molecule has 1 unspecified atom stereocenters. The highest BCUT2D eigenvalue weighted by Crippen LogP contribution is 2.38. The van der Waals surface area contributed by atoms with Gasteiger partial charge in [-0.2, -0.15) is 0 Å². The number of aromatic nitrogens is 4. The summed E-state index contributed by atoms with van der Waals surface area (Å²) in [5.41, 5.74) is -1.32. The van der Waals surface area contributed by atoms with Crippen molar-refractivity contribution in [2.24, 2.45) is 5.41 Å². The molecule has 11 nitrogen and oxygen atoms in total. The Labute approximate surface area is 191 Å². The standard InChI is InChI=1S/C22H28N8O3/c1-13(2)18-26-10-15(28-14-8-24-12-25-9-14)17(30-18)19(31)29-16(7-23)22(5-6-22)20(32)27-11-21(3,4)33/h5-10,12-13,16,23,28,33H,11H2,1-4H3,(H,27,32)(H,29,31). The van der Waals surface area contributed by atoms with E-state index in [0.717, 1.165) is 6.21 Å². The zero-order valence-corrected chi connectivity index (χ0v) is 19.0. The molecule has 5 N–H and O–H groups in total. The summed E-state index contributed by atoms with van der Waals surface area (Å²) in [5, 5.41) is 26.1. The molecular weight excluding hydrogens is 424 g/mol. The van der Waals surface area contributed by atoms with Crippen LogP contribution in [0.4, 0.5) is 11.4 Å². The highest BCUT2D eigenvalue weighted by Gasteiger charge is 2.49. The maximum atomic E-state index is 13.2. The fraction of sp³-hybridized carbons (Fsp3) is 0.409. The van der Waals surface area contributed by atoms with Crippen molar-refractivity contribution in [1.82, 2.24) is 30.6 Å². The smallest absolute Gasteiger partial charge is 0.272 e. The fourth-order valence-electron chi connectivity index (χ4n) is 3.01. The van der Waals surface area contributed by atoms with E-state index < -0.39 is 28.9 Å². The molecule has 0 bridgehead atoms. The predicted molar refractivity (Wildman–Crippen MR) is 122 cm³/mol. The number of carbonyl (C=O) groups excluding carboxylic acids is 2. The van der Waals surface area contributed by atoms with Crippen molar-refractivity contribution in [2.75, 3.05) is 11.9 Å². The molecule has 2 heterocycles. The van der Waals surface area contributed by atoms with Crippen molar-refractivity contribution in [3.63, 3.8) is 0 Å².